The van der Waals surface area contributed by atoms with Crippen molar-refractivity contribution in [1.29, 1.82) is 0 Å². The Morgan fingerprint density at radius 3 is 2.78 bits per heavy atom. The molecule has 1 amide bonds. The van der Waals surface area contributed by atoms with E-state index in [1.54, 1.807) is 25.2 Å². The highest BCUT2D eigenvalue weighted by Crippen LogP contribution is 2.19. The molecule has 6 nitrogen and oxygen atoms in total. The SMILES string of the molecule is CC(CO)N(C)C(=O)CSc1nncn1C(C)C. The van der Waals surface area contributed by atoms with E-state index in [4.69, 9.17) is 5.11 Å². The summed E-state index contributed by atoms with van der Waals surface area (Å²) in [6, 6.07) is 0.104. The molecular weight excluding hydrogens is 252 g/mol. The van der Waals surface area contributed by atoms with Gasteiger partial charge < -0.3 is 14.6 Å². The van der Waals surface area contributed by atoms with Crippen molar-refractivity contribution < 1.29 is 9.90 Å². The first kappa shape index (κ1) is 15.0. The molecule has 0 saturated carbocycles. The van der Waals surface area contributed by atoms with Crippen LogP contribution in [0.15, 0.2) is 11.5 Å². The predicted molar refractivity (Wildman–Crippen MR) is 70.4 cm³/mol. The monoisotopic (exact) mass is 272 g/mol. The van der Waals surface area contributed by atoms with E-state index in [0.29, 0.717) is 5.75 Å². The summed E-state index contributed by atoms with van der Waals surface area (Å²) < 4.78 is 1.92. The Hall–Kier alpha value is -1.08. The third-order valence-corrected chi connectivity index (χ3v) is 3.68. The Morgan fingerprint density at radius 2 is 2.22 bits per heavy atom. The maximum absolute atomic E-state index is 11.9. The molecule has 1 heterocycles. The minimum absolute atomic E-state index is 0.0279. The number of thioether (sulfide) groups is 1. The fourth-order valence-corrected chi connectivity index (χ4v) is 2.25. The van der Waals surface area contributed by atoms with Gasteiger partial charge in [0.1, 0.15) is 6.33 Å². The molecule has 0 radical (unpaired) electrons. The highest BCUT2D eigenvalue weighted by Gasteiger charge is 2.16. The van der Waals surface area contributed by atoms with E-state index in [1.165, 1.54) is 11.8 Å². The average molecular weight is 272 g/mol. The Kier molecular flexibility index (Phi) is 5.61. The van der Waals surface area contributed by atoms with E-state index >= 15 is 0 Å². The molecule has 0 aliphatic carbocycles. The van der Waals surface area contributed by atoms with E-state index in [0.717, 1.165) is 5.16 Å². The second-order valence-electron chi connectivity index (χ2n) is 4.44. The van der Waals surface area contributed by atoms with E-state index in [1.807, 2.05) is 18.4 Å². The summed E-state index contributed by atoms with van der Waals surface area (Å²) in [6.07, 6.45) is 1.66. The summed E-state index contributed by atoms with van der Waals surface area (Å²) in [4.78, 5) is 13.4. The van der Waals surface area contributed by atoms with Crippen LogP contribution in [0.5, 0.6) is 0 Å². The van der Waals surface area contributed by atoms with Crippen molar-refractivity contribution >= 4 is 17.7 Å². The molecule has 1 N–H and O–H groups in total. The summed E-state index contributed by atoms with van der Waals surface area (Å²) in [5, 5.41) is 17.6. The van der Waals surface area contributed by atoms with Crippen molar-refractivity contribution in [2.45, 2.75) is 38.0 Å². The summed E-state index contributed by atoms with van der Waals surface area (Å²) in [5.74, 6) is 0.270. The molecule has 1 unspecified atom stereocenters. The first-order valence-corrected chi connectivity index (χ1v) is 6.84. The van der Waals surface area contributed by atoms with Gasteiger partial charge in [0, 0.05) is 13.1 Å². The molecule has 1 aromatic heterocycles. The molecule has 0 spiro atoms. The molecular formula is C11H20N4O2S. The quantitative estimate of drug-likeness (QED) is 0.775. The van der Waals surface area contributed by atoms with Crippen LogP contribution in [0, 0.1) is 0 Å². The minimum atomic E-state index is -0.166. The third-order valence-electron chi connectivity index (χ3n) is 2.74. The first-order valence-electron chi connectivity index (χ1n) is 5.86. The second kappa shape index (κ2) is 6.75. The smallest absolute Gasteiger partial charge is 0.233 e. The molecule has 0 saturated heterocycles. The average Bonchev–Trinajstić information content (AvgIpc) is 2.82. The highest BCUT2D eigenvalue weighted by atomic mass is 32.2. The van der Waals surface area contributed by atoms with E-state index in [2.05, 4.69) is 10.2 Å². The zero-order valence-electron chi connectivity index (χ0n) is 11.2. The van der Waals surface area contributed by atoms with Crippen LogP contribution in [-0.2, 0) is 4.79 Å². The van der Waals surface area contributed by atoms with Crippen LogP contribution >= 0.6 is 11.8 Å². The number of likely N-dealkylation sites (N-methyl/N-ethyl adjacent to an activating group) is 1. The van der Waals surface area contributed by atoms with Gasteiger partial charge in [-0.15, -0.1) is 10.2 Å². The van der Waals surface area contributed by atoms with Crippen LogP contribution in [-0.4, -0.2) is 56.1 Å². The van der Waals surface area contributed by atoms with Crippen molar-refractivity contribution in [3.8, 4) is 0 Å². The van der Waals surface area contributed by atoms with E-state index in [9.17, 15) is 4.79 Å². The van der Waals surface area contributed by atoms with Gasteiger partial charge in [0.25, 0.3) is 0 Å². The number of hydrogen-bond acceptors (Lipinski definition) is 5. The molecule has 7 heteroatoms. The van der Waals surface area contributed by atoms with Gasteiger partial charge >= 0.3 is 0 Å². The number of aliphatic hydroxyl groups excluding tert-OH is 1. The second-order valence-corrected chi connectivity index (χ2v) is 5.38. The van der Waals surface area contributed by atoms with Gasteiger partial charge in [0.2, 0.25) is 5.91 Å². The number of carbonyl (C=O) groups excluding carboxylic acids is 1. The summed E-state index contributed by atoms with van der Waals surface area (Å²) in [7, 11) is 1.69. The highest BCUT2D eigenvalue weighted by molar-refractivity contribution is 7.99. The van der Waals surface area contributed by atoms with Crippen molar-refractivity contribution in [3.63, 3.8) is 0 Å². The molecule has 1 rings (SSSR count). The van der Waals surface area contributed by atoms with Crippen molar-refractivity contribution in [1.82, 2.24) is 19.7 Å². The normalized spacial score (nSPS) is 12.8. The molecule has 18 heavy (non-hydrogen) atoms. The molecule has 0 aliphatic heterocycles. The lowest BCUT2D eigenvalue weighted by Crippen LogP contribution is -2.38. The van der Waals surface area contributed by atoms with Crippen LogP contribution < -0.4 is 0 Å². The molecule has 102 valence electrons. The lowest BCUT2D eigenvalue weighted by Gasteiger charge is -2.22. The first-order chi connectivity index (χ1) is 8.47. The number of nitrogens with zero attached hydrogens (tertiary/aromatic N) is 4. The molecule has 0 bridgehead atoms. The van der Waals surface area contributed by atoms with Gasteiger partial charge in [-0.25, -0.2) is 0 Å². The topological polar surface area (TPSA) is 71.2 Å². The largest absolute Gasteiger partial charge is 0.394 e. The molecule has 0 aliphatic rings. The fourth-order valence-electron chi connectivity index (χ4n) is 1.29. The standard InChI is InChI=1S/C11H20N4O2S/c1-8(2)15-7-12-13-11(15)18-6-10(17)14(4)9(3)5-16/h7-9,16H,5-6H2,1-4H3. The van der Waals surface area contributed by atoms with Crippen molar-refractivity contribution in [2.24, 2.45) is 0 Å². The van der Waals surface area contributed by atoms with Crippen molar-refractivity contribution in [2.75, 3.05) is 19.4 Å². The third kappa shape index (κ3) is 3.71. The fraction of sp³-hybridized carbons (Fsp3) is 0.727. The Bertz CT molecular complexity index is 394. The van der Waals surface area contributed by atoms with Gasteiger partial charge in [0.05, 0.1) is 18.4 Å². The van der Waals surface area contributed by atoms with E-state index < -0.39 is 0 Å². The zero-order chi connectivity index (χ0) is 13.7. The van der Waals surface area contributed by atoms with Crippen LogP contribution in [0.1, 0.15) is 26.8 Å². The number of amides is 1. The minimum Gasteiger partial charge on any atom is -0.394 e. The van der Waals surface area contributed by atoms with Crippen molar-refractivity contribution in [3.05, 3.63) is 6.33 Å². The van der Waals surface area contributed by atoms with Gasteiger partial charge in [0.15, 0.2) is 5.16 Å². The summed E-state index contributed by atoms with van der Waals surface area (Å²) in [6.45, 7) is 5.85. The van der Waals surface area contributed by atoms with Gasteiger partial charge in [-0.2, -0.15) is 0 Å². The summed E-state index contributed by atoms with van der Waals surface area (Å²) in [5.41, 5.74) is 0. The van der Waals surface area contributed by atoms with Gasteiger partial charge in [-0.05, 0) is 20.8 Å². The maximum Gasteiger partial charge on any atom is 0.233 e. The van der Waals surface area contributed by atoms with Crippen LogP contribution in [0.25, 0.3) is 0 Å². The van der Waals surface area contributed by atoms with Crippen LogP contribution in [0.3, 0.4) is 0 Å². The lowest BCUT2D eigenvalue weighted by molar-refractivity contribution is -0.129. The molecule has 1 aromatic rings. The molecule has 0 aromatic carbocycles. The zero-order valence-corrected chi connectivity index (χ0v) is 12.0. The van der Waals surface area contributed by atoms with Crippen LogP contribution in [0.4, 0.5) is 0 Å². The molecule has 1 atom stereocenters. The number of aliphatic hydroxyl groups is 1. The Labute approximate surface area is 111 Å². The summed E-state index contributed by atoms with van der Waals surface area (Å²) >= 11 is 1.36. The number of aromatic nitrogens is 3. The van der Waals surface area contributed by atoms with Gasteiger partial charge in [-0.1, -0.05) is 11.8 Å². The molecule has 0 fully saturated rings. The number of carbonyl (C=O) groups is 1. The van der Waals surface area contributed by atoms with Crippen LogP contribution in [0.2, 0.25) is 0 Å². The Morgan fingerprint density at radius 1 is 1.56 bits per heavy atom. The Balaban J connectivity index is 2.55. The maximum atomic E-state index is 11.9. The number of rotatable bonds is 6. The predicted octanol–water partition coefficient (Wildman–Crippen LogP) is 0.790. The number of hydrogen-bond donors (Lipinski definition) is 1. The van der Waals surface area contributed by atoms with E-state index in [-0.39, 0.29) is 24.6 Å². The van der Waals surface area contributed by atoms with Gasteiger partial charge in [-0.3, -0.25) is 4.79 Å². The lowest BCUT2D eigenvalue weighted by atomic mass is 10.3.